The van der Waals surface area contributed by atoms with Gasteiger partial charge in [-0.05, 0) is 32.4 Å². The Labute approximate surface area is 110 Å². The Morgan fingerprint density at radius 2 is 2.11 bits per heavy atom. The number of carbonyl (C=O) groups excluding carboxylic acids is 1. The van der Waals surface area contributed by atoms with Crippen molar-refractivity contribution < 1.29 is 14.7 Å². The van der Waals surface area contributed by atoms with E-state index in [0.717, 1.165) is 17.5 Å². The Morgan fingerprint density at radius 1 is 1.44 bits per heavy atom. The van der Waals surface area contributed by atoms with E-state index in [2.05, 4.69) is 10.3 Å². The zero-order chi connectivity index (χ0) is 13.7. The number of amides is 1. The molecule has 0 bridgehead atoms. The molecule has 0 aliphatic carbocycles. The third kappa shape index (κ3) is 3.73. The number of rotatable bonds is 5. The van der Waals surface area contributed by atoms with Crippen molar-refractivity contribution in [2.24, 2.45) is 0 Å². The van der Waals surface area contributed by atoms with E-state index in [9.17, 15) is 9.59 Å². The van der Waals surface area contributed by atoms with Crippen LogP contribution in [0.1, 0.15) is 28.5 Å². The summed E-state index contributed by atoms with van der Waals surface area (Å²) < 4.78 is 0. The second kappa shape index (κ2) is 6.39. The van der Waals surface area contributed by atoms with Crippen LogP contribution in [0.25, 0.3) is 0 Å². The summed E-state index contributed by atoms with van der Waals surface area (Å²) in [6.07, 6.45) is 0. The van der Waals surface area contributed by atoms with Crippen LogP contribution in [0, 0.1) is 13.8 Å². The molecule has 0 unspecified atom stereocenters. The Balaban J connectivity index is 2.93. The molecule has 1 aromatic heterocycles. The van der Waals surface area contributed by atoms with Crippen molar-refractivity contribution in [2.45, 2.75) is 25.8 Å². The van der Waals surface area contributed by atoms with Crippen molar-refractivity contribution in [2.75, 3.05) is 12.3 Å². The van der Waals surface area contributed by atoms with Crippen LogP contribution in [-0.4, -0.2) is 34.3 Å². The fourth-order valence-electron chi connectivity index (χ4n) is 1.55. The molecule has 0 spiro atoms. The number of hydrogen-bond donors (Lipinski definition) is 2. The molecule has 0 fully saturated rings. The summed E-state index contributed by atoms with van der Waals surface area (Å²) in [6, 6.07) is 1.72. The van der Waals surface area contributed by atoms with Crippen LogP contribution in [0.4, 0.5) is 0 Å². The van der Waals surface area contributed by atoms with E-state index in [1.165, 1.54) is 0 Å². The van der Waals surface area contributed by atoms with Crippen LogP contribution in [0.5, 0.6) is 0 Å². The van der Waals surface area contributed by atoms with Gasteiger partial charge >= 0.3 is 5.97 Å². The predicted octanol–water partition coefficient (Wildman–Crippen LogP) is 1.62. The van der Waals surface area contributed by atoms with E-state index in [4.69, 9.17) is 5.11 Å². The van der Waals surface area contributed by atoms with Gasteiger partial charge in [0, 0.05) is 12.2 Å². The molecule has 0 saturated carbocycles. The first-order valence-electron chi connectivity index (χ1n) is 5.56. The summed E-state index contributed by atoms with van der Waals surface area (Å²) >= 11 is 1.15. The summed E-state index contributed by atoms with van der Waals surface area (Å²) in [4.78, 5) is 26.7. The summed E-state index contributed by atoms with van der Waals surface area (Å²) in [6.45, 7) is 5.93. The van der Waals surface area contributed by atoms with E-state index in [-0.39, 0.29) is 17.2 Å². The molecule has 98 valence electrons. The topological polar surface area (TPSA) is 79.3 Å². The maximum Gasteiger partial charge on any atom is 0.338 e. The van der Waals surface area contributed by atoms with Crippen molar-refractivity contribution in [1.82, 2.24) is 10.3 Å². The van der Waals surface area contributed by atoms with Gasteiger partial charge in [-0.2, -0.15) is 0 Å². The lowest BCUT2D eigenvalue weighted by Gasteiger charge is -2.09. The van der Waals surface area contributed by atoms with E-state index in [1.807, 2.05) is 6.92 Å². The molecule has 0 aliphatic heterocycles. The molecule has 1 rings (SSSR count). The Hall–Kier alpha value is -1.56. The fourth-order valence-corrected chi connectivity index (χ4v) is 2.52. The number of carboxylic acid groups (broad SMARTS) is 1. The number of thioether (sulfide) groups is 1. The smallest absolute Gasteiger partial charge is 0.338 e. The van der Waals surface area contributed by atoms with Crippen molar-refractivity contribution >= 4 is 23.6 Å². The van der Waals surface area contributed by atoms with Crippen molar-refractivity contribution in [3.05, 3.63) is 22.9 Å². The lowest BCUT2D eigenvalue weighted by atomic mass is 10.1. The van der Waals surface area contributed by atoms with Gasteiger partial charge < -0.3 is 10.4 Å². The molecule has 0 aliphatic rings. The van der Waals surface area contributed by atoms with Gasteiger partial charge in [0.05, 0.1) is 11.3 Å². The largest absolute Gasteiger partial charge is 0.478 e. The SMILES string of the molecule is CCNC(=O)CSc1nc(C)cc(C)c1C(=O)O. The number of nitrogens with one attached hydrogen (secondary N) is 1. The van der Waals surface area contributed by atoms with Gasteiger partial charge in [-0.3, -0.25) is 4.79 Å². The molecule has 0 aromatic carbocycles. The highest BCUT2D eigenvalue weighted by molar-refractivity contribution is 8.00. The van der Waals surface area contributed by atoms with Crippen molar-refractivity contribution in [3.63, 3.8) is 0 Å². The summed E-state index contributed by atoms with van der Waals surface area (Å²) in [5.41, 5.74) is 1.58. The van der Waals surface area contributed by atoms with Crippen LogP contribution in [0.3, 0.4) is 0 Å². The fraction of sp³-hybridized carbons (Fsp3) is 0.417. The van der Waals surface area contributed by atoms with Gasteiger partial charge in [0.2, 0.25) is 5.91 Å². The van der Waals surface area contributed by atoms with Crippen LogP contribution in [-0.2, 0) is 4.79 Å². The second-order valence-corrected chi connectivity index (χ2v) is 4.77. The number of aromatic carboxylic acids is 1. The van der Waals surface area contributed by atoms with Gasteiger partial charge in [-0.1, -0.05) is 11.8 Å². The quantitative estimate of drug-likeness (QED) is 0.793. The second-order valence-electron chi connectivity index (χ2n) is 3.81. The molecule has 0 saturated heterocycles. The zero-order valence-corrected chi connectivity index (χ0v) is 11.4. The van der Waals surface area contributed by atoms with E-state index >= 15 is 0 Å². The van der Waals surface area contributed by atoms with Crippen LogP contribution in [0.15, 0.2) is 11.1 Å². The predicted molar refractivity (Wildman–Crippen MR) is 70.1 cm³/mol. The normalized spacial score (nSPS) is 10.2. The maximum absolute atomic E-state index is 11.4. The summed E-state index contributed by atoms with van der Waals surface area (Å²) in [5.74, 6) is -0.970. The van der Waals surface area contributed by atoms with Crippen molar-refractivity contribution in [1.29, 1.82) is 0 Å². The van der Waals surface area contributed by atoms with E-state index in [1.54, 1.807) is 19.9 Å². The highest BCUT2D eigenvalue weighted by Gasteiger charge is 2.16. The first kappa shape index (κ1) is 14.5. The molecular weight excluding hydrogens is 252 g/mol. The van der Waals surface area contributed by atoms with Gasteiger partial charge in [0.15, 0.2) is 0 Å². The average molecular weight is 268 g/mol. The van der Waals surface area contributed by atoms with Gasteiger partial charge in [-0.15, -0.1) is 0 Å². The third-order valence-electron chi connectivity index (χ3n) is 2.24. The number of aryl methyl sites for hydroxylation is 2. The van der Waals surface area contributed by atoms with Gasteiger partial charge in [0.1, 0.15) is 5.03 Å². The summed E-state index contributed by atoms with van der Waals surface area (Å²) in [5, 5.41) is 12.2. The number of carbonyl (C=O) groups is 2. The van der Waals surface area contributed by atoms with Crippen LogP contribution >= 0.6 is 11.8 Å². The molecule has 1 aromatic rings. The molecule has 18 heavy (non-hydrogen) atoms. The number of carboxylic acids is 1. The molecule has 6 heteroatoms. The molecule has 1 amide bonds. The lowest BCUT2D eigenvalue weighted by molar-refractivity contribution is -0.118. The maximum atomic E-state index is 11.4. The minimum Gasteiger partial charge on any atom is -0.478 e. The monoisotopic (exact) mass is 268 g/mol. The Kier molecular flexibility index (Phi) is 5.15. The van der Waals surface area contributed by atoms with Gasteiger partial charge in [-0.25, -0.2) is 9.78 Å². The Bertz CT molecular complexity index is 475. The lowest BCUT2D eigenvalue weighted by Crippen LogP contribution is -2.24. The standard InChI is InChI=1S/C12H16N2O3S/c1-4-13-9(15)6-18-11-10(12(16)17)7(2)5-8(3)14-11/h5H,4,6H2,1-3H3,(H,13,15)(H,16,17). The molecule has 2 N–H and O–H groups in total. The minimum absolute atomic E-state index is 0.125. The summed E-state index contributed by atoms with van der Waals surface area (Å²) in [7, 11) is 0. The average Bonchev–Trinajstić information content (AvgIpc) is 2.25. The van der Waals surface area contributed by atoms with Gasteiger partial charge in [0.25, 0.3) is 0 Å². The molecule has 5 nitrogen and oxygen atoms in total. The van der Waals surface area contributed by atoms with Crippen molar-refractivity contribution in [3.8, 4) is 0 Å². The highest BCUT2D eigenvalue weighted by Crippen LogP contribution is 2.24. The van der Waals surface area contributed by atoms with Crippen LogP contribution < -0.4 is 5.32 Å². The zero-order valence-electron chi connectivity index (χ0n) is 10.6. The molecule has 1 heterocycles. The number of hydrogen-bond acceptors (Lipinski definition) is 4. The van der Waals surface area contributed by atoms with Crippen LogP contribution in [0.2, 0.25) is 0 Å². The number of pyridine rings is 1. The molecule has 0 atom stereocenters. The molecule has 0 radical (unpaired) electrons. The highest BCUT2D eigenvalue weighted by atomic mass is 32.2. The Morgan fingerprint density at radius 3 is 2.67 bits per heavy atom. The minimum atomic E-state index is -1.02. The third-order valence-corrected chi connectivity index (χ3v) is 3.21. The number of nitrogens with zero attached hydrogens (tertiary/aromatic N) is 1. The van der Waals surface area contributed by atoms with E-state index in [0.29, 0.717) is 17.1 Å². The molecular formula is C12H16N2O3S. The van der Waals surface area contributed by atoms with E-state index < -0.39 is 5.97 Å². The number of aromatic nitrogens is 1. The first-order valence-corrected chi connectivity index (χ1v) is 6.55. The first-order chi connectivity index (χ1) is 8.45.